The Morgan fingerprint density at radius 2 is 1.87 bits per heavy atom. The van der Waals surface area contributed by atoms with Crippen LogP contribution in [0.15, 0.2) is 30.3 Å². The van der Waals surface area contributed by atoms with Crippen molar-refractivity contribution in [1.82, 2.24) is 0 Å². The molecule has 1 aromatic rings. The van der Waals surface area contributed by atoms with Gasteiger partial charge in [-0.1, -0.05) is 37.3 Å². The summed E-state index contributed by atoms with van der Waals surface area (Å²) in [6, 6.07) is 10.5. The fourth-order valence-electron chi connectivity index (χ4n) is 1.86. The second-order valence-corrected chi connectivity index (χ2v) is 3.75. The summed E-state index contributed by atoms with van der Waals surface area (Å²) in [7, 11) is 0. The average Bonchev–Trinajstić information content (AvgIpc) is 2.29. The molecule has 0 aromatic heterocycles. The van der Waals surface area contributed by atoms with Crippen molar-refractivity contribution >= 4 is 0 Å². The lowest BCUT2D eigenvalue weighted by Gasteiger charge is -2.22. The number of nitrogens with two attached hydrogens (primary N) is 1. The third-order valence-electron chi connectivity index (χ3n) is 2.70. The first-order valence-corrected chi connectivity index (χ1v) is 5.67. The van der Waals surface area contributed by atoms with Crippen molar-refractivity contribution in [2.24, 2.45) is 5.73 Å². The fourth-order valence-corrected chi connectivity index (χ4v) is 1.86. The quantitative estimate of drug-likeness (QED) is 0.778. The van der Waals surface area contributed by atoms with E-state index in [1.165, 1.54) is 5.56 Å². The van der Waals surface area contributed by atoms with Crippen LogP contribution in [0.4, 0.5) is 0 Å². The summed E-state index contributed by atoms with van der Waals surface area (Å²) in [5.41, 5.74) is 7.43. The summed E-state index contributed by atoms with van der Waals surface area (Å²) >= 11 is 0. The third-order valence-corrected chi connectivity index (χ3v) is 2.70. The molecule has 0 saturated carbocycles. The lowest BCUT2D eigenvalue weighted by molar-refractivity contribution is 0.125. The van der Waals surface area contributed by atoms with Gasteiger partial charge in [-0.25, -0.2) is 0 Å². The largest absolute Gasteiger partial charge is 0.380 e. The molecule has 0 bridgehead atoms. The van der Waals surface area contributed by atoms with Crippen LogP contribution < -0.4 is 5.73 Å². The van der Waals surface area contributed by atoms with Gasteiger partial charge in [0.05, 0.1) is 6.61 Å². The minimum atomic E-state index is 0.0948. The van der Waals surface area contributed by atoms with Crippen molar-refractivity contribution in [1.29, 1.82) is 0 Å². The predicted octanol–water partition coefficient (Wildman–Crippen LogP) is 2.54. The van der Waals surface area contributed by atoms with Gasteiger partial charge in [0.15, 0.2) is 0 Å². The minimum Gasteiger partial charge on any atom is -0.380 e. The van der Waals surface area contributed by atoms with E-state index in [-0.39, 0.29) is 6.04 Å². The van der Waals surface area contributed by atoms with Crippen molar-refractivity contribution in [3.05, 3.63) is 35.9 Å². The van der Waals surface area contributed by atoms with Crippen molar-refractivity contribution < 1.29 is 4.74 Å². The van der Waals surface area contributed by atoms with Crippen molar-refractivity contribution in [2.75, 3.05) is 13.2 Å². The van der Waals surface area contributed by atoms with E-state index in [0.29, 0.717) is 12.5 Å². The molecule has 2 N–H and O–H groups in total. The summed E-state index contributed by atoms with van der Waals surface area (Å²) < 4.78 is 5.37. The standard InChI is InChI=1S/C13H21NO/c1-3-12(13(14)10-15-4-2)11-8-6-5-7-9-11/h5-9,12-13H,3-4,10,14H2,1-2H3. The van der Waals surface area contributed by atoms with Crippen LogP contribution in [0.1, 0.15) is 31.7 Å². The lowest BCUT2D eigenvalue weighted by atomic mass is 9.90. The molecule has 1 rings (SSSR count). The summed E-state index contributed by atoms with van der Waals surface area (Å²) in [6.07, 6.45) is 1.05. The van der Waals surface area contributed by atoms with Crippen LogP contribution in [0.5, 0.6) is 0 Å². The van der Waals surface area contributed by atoms with Gasteiger partial charge in [0.25, 0.3) is 0 Å². The second-order valence-electron chi connectivity index (χ2n) is 3.75. The van der Waals surface area contributed by atoms with Gasteiger partial charge in [-0.3, -0.25) is 0 Å². The molecule has 2 nitrogen and oxygen atoms in total. The smallest absolute Gasteiger partial charge is 0.0623 e. The molecular formula is C13H21NO. The van der Waals surface area contributed by atoms with E-state index >= 15 is 0 Å². The summed E-state index contributed by atoms with van der Waals surface area (Å²) in [6.45, 7) is 5.54. The molecule has 0 radical (unpaired) electrons. The molecule has 2 unspecified atom stereocenters. The van der Waals surface area contributed by atoms with E-state index in [4.69, 9.17) is 10.5 Å². The molecule has 2 atom stereocenters. The molecule has 2 heteroatoms. The van der Waals surface area contributed by atoms with Crippen LogP contribution in [0.3, 0.4) is 0 Å². The van der Waals surface area contributed by atoms with Crippen LogP contribution in [0.25, 0.3) is 0 Å². The van der Waals surface area contributed by atoms with Crippen LogP contribution in [-0.2, 0) is 4.74 Å². The molecule has 0 amide bonds. The van der Waals surface area contributed by atoms with Gasteiger partial charge in [-0.05, 0) is 18.9 Å². The first kappa shape index (κ1) is 12.2. The van der Waals surface area contributed by atoms with Gasteiger partial charge in [-0.15, -0.1) is 0 Å². The lowest BCUT2D eigenvalue weighted by Crippen LogP contribution is -2.33. The highest BCUT2D eigenvalue weighted by atomic mass is 16.5. The van der Waals surface area contributed by atoms with Gasteiger partial charge < -0.3 is 10.5 Å². The van der Waals surface area contributed by atoms with Gasteiger partial charge in [0.1, 0.15) is 0 Å². The zero-order valence-electron chi connectivity index (χ0n) is 9.65. The zero-order chi connectivity index (χ0) is 11.1. The average molecular weight is 207 g/mol. The van der Waals surface area contributed by atoms with E-state index in [2.05, 4.69) is 31.2 Å². The maximum Gasteiger partial charge on any atom is 0.0623 e. The molecule has 0 heterocycles. The van der Waals surface area contributed by atoms with Crippen molar-refractivity contribution in [3.8, 4) is 0 Å². The molecule has 0 saturated heterocycles. The van der Waals surface area contributed by atoms with Gasteiger partial charge in [-0.2, -0.15) is 0 Å². The van der Waals surface area contributed by atoms with Crippen LogP contribution >= 0.6 is 0 Å². The summed E-state index contributed by atoms with van der Waals surface area (Å²) in [5.74, 6) is 0.401. The minimum absolute atomic E-state index is 0.0948. The maximum atomic E-state index is 6.12. The van der Waals surface area contributed by atoms with Crippen LogP contribution in [0.2, 0.25) is 0 Å². The van der Waals surface area contributed by atoms with Gasteiger partial charge >= 0.3 is 0 Å². The van der Waals surface area contributed by atoms with Crippen molar-refractivity contribution in [2.45, 2.75) is 32.2 Å². The number of hydrogen-bond acceptors (Lipinski definition) is 2. The van der Waals surface area contributed by atoms with E-state index in [1.54, 1.807) is 0 Å². The first-order chi connectivity index (χ1) is 7.29. The van der Waals surface area contributed by atoms with E-state index in [0.717, 1.165) is 13.0 Å². The zero-order valence-corrected chi connectivity index (χ0v) is 9.65. The van der Waals surface area contributed by atoms with Crippen molar-refractivity contribution in [3.63, 3.8) is 0 Å². The van der Waals surface area contributed by atoms with Gasteiger partial charge in [0, 0.05) is 18.6 Å². The molecule has 0 aliphatic heterocycles. The van der Waals surface area contributed by atoms with Gasteiger partial charge in [0.2, 0.25) is 0 Å². The molecule has 0 aliphatic rings. The second kappa shape index (κ2) is 6.59. The monoisotopic (exact) mass is 207 g/mol. The highest BCUT2D eigenvalue weighted by Gasteiger charge is 2.17. The Morgan fingerprint density at radius 1 is 1.20 bits per heavy atom. The SMILES string of the molecule is CCOCC(N)C(CC)c1ccccc1. The van der Waals surface area contributed by atoms with Crippen LogP contribution in [-0.4, -0.2) is 19.3 Å². The van der Waals surface area contributed by atoms with E-state index < -0.39 is 0 Å². The number of benzene rings is 1. The molecule has 0 aliphatic carbocycles. The normalized spacial score (nSPS) is 14.9. The Hall–Kier alpha value is -0.860. The summed E-state index contributed by atoms with van der Waals surface area (Å²) in [4.78, 5) is 0. The summed E-state index contributed by atoms with van der Waals surface area (Å²) in [5, 5.41) is 0. The Labute approximate surface area is 92.4 Å². The number of rotatable bonds is 6. The highest BCUT2D eigenvalue weighted by molar-refractivity contribution is 5.21. The Kier molecular flexibility index (Phi) is 5.37. The molecule has 1 aromatic carbocycles. The molecule has 15 heavy (non-hydrogen) atoms. The predicted molar refractivity (Wildman–Crippen MR) is 63.9 cm³/mol. The number of hydrogen-bond donors (Lipinski definition) is 1. The maximum absolute atomic E-state index is 6.12. The Morgan fingerprint density at radius 3 is 2.40 bits per heavy atom. The van der Waals surface area contributed by atoms with E-state index in [9.17, 15) is 0 Å². The molecular weight excluding hydrogens is 186 g/mol. The van der Waals surface area contributed by atoms with Crippen LogP contribution in [0, 0.1) is 0 Å². The Bertz CT molecular complexity index is 260. The molecule has 0 fully saturated rings. The fraction of sp³-hybridized carbons (Fsp3) is 0.538. The highest BCUT2D eigenvalue weighted by Crippen LogP contribution is 2.22. The Balaban J connectivity index is 2.63. The van der Waals surface area contributed by atoms with E-state index in [1.807, 2.05) is 13.0 Å². The molecule has 0 spiro atoms. The third kappa shape index (κ3) is 3.65. The first-order valence-electron chi connectivity index (χ1n) is 5.67. The molecule has 84 valence electrons. The topological polar surface area (TPSA) is 35.2 Å². The number of ether oxygens (including phenoxy) is 1.